The molecule has 0 radical (unpaired) electrons. The number of aromatic nitrogens is 2. The van der Waals surface area contributed by atoms with Gasteiger partial charge in [0.05, 0.1) is 19.3 Å². The minimum absolute atomic E-state index is 0.264. The lowest BCUT2D eigenvalue weighted by Gasteiger charge is -2.08. The van der Waals surface area contributed by atoms with Crippen LogP contribution in [0, 0.1) is 0 Å². The zero-order valence-electron chi connectivity index (χ0n) is 7.13. The van der Waals surface area contributed by atoms with E-state index in [9.17, 15) is 14.1 Å². The SMILES string of the molecule is O=c1ccn(CC(O)CO)c(=O)n1F. The maximum Gasteiger partial charge on any atom is 0.359 e. The van der Waals surface area contributed by atoms with Crippen LogP contribution in [0.15, 0.2) is 21.9 Å². The van der Waals surface area contributed by atoms with Gasteiger partial charge in [-0.1, -0.05) is 9.27 Å². The average molecular weight is 204 g/mol. The third kappa shape index (κ3) is 2.06. The smallest absolute Gasteiger partial charge is 0.359 e. The number of rotatable bonds is 3. The van der Waals surface area contributed by atoms with Crippen molar-refractivity contribution in [3.8, 4) is 0 Å². The molecule has 2 N–H and O–H groups in total. The minimum atomic E-state index is -1.18. The number of nitrogens with zero attached hydrogens (tertiary/aromatic N) is 2. The summed E-state index contributed by atoms with van der Waals surface area (Å²) in [7, 11) is 0. The Labute approximate surface area is 77.4 Å². The fraction of sp³-hybridized carbons (Fsp3) is 0.429. The van der Waals surface area contributed by atoms with Crippen molar-refractivity contribution < 1.29 is 14.7 Å². The Morgan fingerprint density at radius 2 is 2.14 bits per heavy atom. The minimum Gasteiger partial charge on any atom is -0.394 e. The second-order valence-electron chi connectivity index (χ2n) is 2.71. The third-order valence-corrected chi connectivity index (χ3v) is 1.62. The Bertz CT molecular complexity index is 424. The number of aliphatic hydroxyl groups excluding tert-OH is 2. The van der Waals surface area contributed by atoms with E-state index < -0.39 is 28.7 Å². The highest BCUT2D eigenvalue weighted by molar-refractivity contribution is 4.84. The van der Waals surface area contributed by atoms with Crippen LogP contribution in [0.3, 0.4) is 0 Å². The highest BCUT2D eigenvalue weighted by Crippen LogP contribution is 1.86. The molecule has 14 heavy (non-hydrogen) atoms. The molecule has 0 aromatic carbocycles. The molecule has 1 aromatic rings. The second-order valence-corrected chi connectivity index (χ2v) is 2.71. The van der Waals surface area contributed by atoms with Gasteiger partial charge in [-0.2, -0.15) is 0 Å². The van der Waals surface area contributed by atoms with Crippen molar-refractivity contribution in [1.82, 2.24) is 9.36 Å². The van der Waals surface area contributed by atoms with Gasteiger partial charge in [0.15, 0.2) is 0 Å². The third-order valence-electron chi connectivity index (χ3n) is 1.62. The summed E-state index contributed by atoms with van der Waals surface area (Å²) in [5, 5.41) is 17.5. The van der Waals surface area contributed by atoms with E-state index in [1.54, 1.807) is 0 Å². The van der Waals surface area contributed by atoms with Gasteiger partial charge in [-0.05, 0) is 0 Å². The summed E-state index contributed by atoms with van der Waals surface area (Å²) in [6.07, 6.45) is -0.107. The lowest BCUT2D eigenvalue weighted by molar-refractivity contribution is 0.0787. The van der Waals surface area contributed by atoms with Crippen molar-refractivity contribution in [3.63, 3.8) is 0 Å². The molecule has 1 heterocycles. The Kier molecular flexibility index (Phi) is 3.15. The molecule has 0 aliphatic rings. The van der Waals surface area contributed by atoms with E-state index in [2.05, 4.69) is 0 Å². The van der Waals surface area contributed by atoms with E-state index in [1.807, 2.05) is 0 Å². The lowest BCUT2D eigenvalue weighted by Crippen LogP contribution is -2.37. The molecule has 0 amide bonds. The van der Waals surface area contributed by atoms with Crippen molar-refractivity contribution in [3.05, 3.63) is 33.1 Å². The molecular weight excluding hydrogens is 195 g/mol. The first-order valence-electron chi connectivity index (χ1n) is 3.84. The lowest BCUT2D eigenvalue weighted by atomic mass is 10.4. The predicted molar refractivity (Wildman–Crippen MR) is 44.6 cm³/mol. The largest absolute Gasteiger partial charge is 0.394 e. The molecule has 0 saturated carbocycles. The first-order chi connectivity index (χ1) is 6.56. The summed E-state index contributed by atoms with van der Waals surface area (Å²) in [5.41, 5.74) is -2.24. The van der Waals surface area contributed by atoms with Gasteiger partial charge in [0.2, 0.25) is 0 Å². The molecule has 6 nitrogen and oxygen atoms in total. The van der Waals surface area contributed by atoms with E-state index in [1.165, 1.54) is 0 Å². The van der Waals surface area contributed by atoms with Gasteiger partial charge in [-0.3, -0.25) is 9.36 Å². The molecule has 7 heteroatoms. The molecule has 1 aromatic heterocycles. The van der Waals surface area contributed by atoms with Crippen LogP contribution < -0.4 is 11.2 Å². The Morgan fingerprint density at radius 3 is 2.71 bits per heavy atom. The van der Waals surface area contributed by atoms with Gasteiger partial charge >= 0.3 is 5.69 Å². The average Bonchev–Trinajstić information content (AvgIpc) is 2.19. The van der Waals surface area contributed by atoms with Crippen molar-refractivity contribution in [2.75, 3.05) is 6.61 Å². The highest BCUT2D eigenvalue weighted by atomic mass is 19.2. The number of hydrogen-bond donors (Lipinski definition) is 2. The van der Waals surface area contributed by atoms with Gasteiger partial charge in [-0.15, -0.1) is 0 Å². The summed E-state index contributed by atoms with van der Waals surface area (Å²) in [6.45, 7) is -0.808. The van der Waals surface area contributed by atoms with Crippen molar-refractivity contribution >= 4 is 0 Å². The first kappa shape index (κ1) is 10.6. The fourth-order valence-electron chi connectivity index (χ4n) is 0.914. The molecule has 0 saturated heterocycles. The van der Waals surface area contributed by atoms with Gasteiger partial charge in [-0.25, -0.2) is 4.79 Å². The number of halogens is 1. The zero-order valence-corrected chi connectivity index (χ0v) is 7.13. The summed E-state index contributed by atoms with van der Waals surface area (Å²) in [5.74, 6) is 0. The molecule has 1 rings (SSSR count). The van der Waals surface area contributed by atoms with Gasteiger partial charge in [0.1, 0.15) is 0 Å². The Morgan fingerprint density at radius 1 is 1.50 bits per heavy atom. The van der Waals surface area contributed by atoms with Crippen molar-refractivity contribution in [1.29, 1.82) is 0 Å². The van der Waals surface area contributed by atoms with Crippen LogP contribution in [0.4, 0.5) is 4.48 Å². The maximum atomic E-state index is 12.7. The number of hydrogen-bond acceptors (Lipinski definition) is 4. The second kappa shape index (κ2) is 4.16. The number of aliphatic hydroxyl groups is 2. The van der Waals surface area contributed by atoms with E-state index in [0.29, 0.717) is 0 Å². The van der Waals surface area contributed by atoms with Crippen LogP contribution in [0.25, 0.3) is 0 Å². The molecule has 0 aliphatic carbocycles. The van der Waals surface area contributed by atoms with Crippen LogP contribution in [-0.2, 0) is 6.54 Å². The standard InChI is InChI=1S/C7H9FN2O4/c8-10-6(13)1-2-9(7(10)14)3-5(12)4-11/h1-2,5,11-12H,3-4H2. The summed E-state index contributed by atoms with van der Waals surface area (Å²) in [6, 6.07) is 0.853. The van der Waals surface area contributed by atoms with Gasteiger partial charge in [0, 0.05) is 12.3 Å². The molecule has 0 bridgehead atoms. The van der Waals surface area contributed by atoms with Crippen LogP contribution in [0.2, 0.25) is 0 Å². The monoisotopic (exact) mass is 204 g/mol. The van der Waals surface area contributed by atoms with Crippen molar-refractivity contribution in [2.45, 2.75) is 12.6 Å². The predicted octanol–water partition coefficient (Wildman–Crippen LogP) is -1.90. The molecule has 78 valence electrons. The van der Waals surface area contributed by atoms with Crippen LogP contribution >= 0.6 is 0 Å². The van der Waals surface area contributed by atoms with E-state index in [0.717, 1.165) is 16.8 Å². The molecular formula is C7H9FN2O4. The zero-order chi connectivity index (χ0) is 10.7. The van der Waals surface area contributed by atoms with Gasteiger partial charge < -0.3 is 10.2 Å². The maximum absolute atomic E-state index is 12.7. The molecule has 0 aliphatic heterocycles. The fourth-order valence-corrected chi connectivity index (χ4v) is 0.914. The van der Waals surface area contributed by atoms with Crippen LogP contribution in [0.1, 0.15) is 0 Å². The van der Waals surface area contributed by atoms with Crippen LogP contribution in [0.5, 0.6) is 0 Å². The quantitative estimate of drug-likeness (QED) is 0.602. The summed E-state index contributed by atoms with van der Waals surface area (Å²) >= 11 is 0. The normalized spacial score (nSPS) is 12.8. The molecule has 0 fully saturated rings. The van der Waals surface area contributed by atoms with E-state index >= 15 is 0 Å². The van der Waals surface area contributed by atoms with E-state index in [4.69, 9.17) is 10.2 Å². The van der Waals surface area contributed by atoms with Crippen molar-refractivity contribution in [2.24, 2.45) is 0 Å². The van der Waals surface area contributed by atoms with Crippen LogP contribution in [-0.4, -0.2) is 32.3 Å². The summed E-state index contributed by atoms with van der Waals surface area (Å²) in [4.78, 5) is 21.0. The molecule has 1 atom stereocenters. The van der Waals surface area contributed by atoms with Gasteiger partial charge in [0.25, 0.3) is 5.56 Å². The van der Waals surface area contributed by atoms with E-state index in [-0.39, 0.29) is 6.54 Å². The molecule has 0 spiro atoms. The topological polar surface area (TPSA) is 84.5 Å². The highest BCUT2D eigenvalue weighted by Gasteiger charge is 2.08. The Hall–Kier alpha value is -1.47. The molecule has 1 unspecified atom stereocenters. The first-order valence-corrected chi connectivity index (χ1v) is 3.84. The Balaban J connectivity index is 3.06. The summed E-state index contributed by atoms with van der Waals surface area (Å²) < 4.78 is 13.5.